The first-order chi connectivity index (χ1) is 29.5. The first-order valence-corrected chi connectivity index (χ1v) is 19.0. The number of hydrogen-bond donors (Lipinski definition) is 12. The zero-order valence-electron chi connectivity index (χ0n) is 31.7. The average Bonchev–Trinajstić information content (AvgIpc) is 3.24. The maximum Gasteiger partial charge on any atom is 0.335 e. The van der Waals surface area contributed by atoms with Crippen LogP contribution < -0.4 is 9.47 Å². The Morgan fingerprint density at radius 1 is 0.516 bits per heavy atom. The molecule has 8 rings (SSSR count). The zero-order chi connectivity index (χ0) is 44.6. The topological polar surface area (TPSA) is 348 Å². The minimum atomic E-state index is -1.94. The molecule has 12 atom stereocenters. The van der Waals surface area contributed by atoms with Crippen LogP contribution in [0.25, 0.3) is 0 Å². The molecule has 2 aliphatic carbocycles. The molecule has 2 heterocycles. The van der Waals surface area contributed by atoms with Crippen molar-refractivity contribution in [3.63, 3.8) is 0 Å². The second-order valence-corrected chi connectivity index (χ2v) is 15.2. The van der Waals surface area contributed by atoms with E-state index in [4.69, 9.17) is 18.9 Å². The number of phenolic OH excluding ortho intramolecular Hbond substituents is 2. The molecule has 12 N–H and O–H groups in total. The number of aliphatic hydroxyl groups excluding tert-OH is 8. The van der Waals surface area contributed by atoms with Crippen molar-refractivity contribution in [3.8, 4) is 23.0 Å². The molecule has 0 bridgehead atoms. The van der Waals surface area contributed by atoms with Gasteiger partial charge in [0.05, 0.1) is 46.6 Å². The van der Waals surface area contributed by atoms with E-state index >= 15 is 0 Å². The lowest BCUT2D eigenvalue weighted by atomic mass is 9.63. The van der Waals surface area contributed by atoms with Gasteiger partial charge in [-0.05, 0) is 58.7 Å². The number of phenols is 2. The number of aromatic carboxylic acids is 2. The Morgan fingerprint density at radius 2 is 0.887 bits per heavy atom. The standard InChI is InChI=1S/C42H38O20/c43-11-23-31(47)35(51)37(53)41(61-23)59-21-5-1-3-15-25(17-7-13(39(55)56)9-19(45)27(17)33(49)29(15)21)26-16-4-2-6-22(60-42-38(54)36(52)32(48)24(12-44)62-42)30(16)34(50)28-18(26)8-14(40(57)58)10-20(28)46/h1-10,23-26,31-32,35-38,41-48,51-54H,11-12H2,(H,55,56)(H,57,58)/t23-,24-,25-,26+,31-,32-,35+,36+,37-,38-,41+,42-/m1/s1. The van der Waals surface area contributed by atoms with E-state index in [1.807, 2.05) is 0 Å². The van der Waals surface area contributed by atoms with Gasteiger partial charge in [-0.3, -0.25) is 9.59 Å². The number of aromatic hydroxyl groups is 2. The molecule has 2 aliphatic heterocycles. The highest BCUT2D eigenvalue weighted by Crippen LogP contribution is 2.56. The van der Waals surface area contributed by atoms with Crippen LogP contribution in [0.4, 0.5) is 0 Å². The summed E-state index contributed by atoms with van der Waals surface area (Å²) in [5, 5.41) is 126. The Balaban J connectivity index is 1.38. The number of rotatable bonds is 9. The fraction of sp³-hybridized carbons (Fsp3) is 0.333. The lowest BCUT2D eigenvalue weighted by Gasteiger charge is -2.41. The number of carboxylic acids is 2. The van der Waals surface area contributed by atoms with Crippen molar-refractivity contribution in [3.05, 3.63) is 116 Å². The fourth-order valence-corrected chi connectivity index (χ4v) is 8.71. The lowest BCUT2D eigenvalue weighted by molar-refractivity contribution is -0.277. The number of carbonyl (C=O) groups is 4. The van der Waals surface area contributed by atoms with E-state index in [1.54, 1.807) is 0 Å². The lowest BCUT2D eigenvalue weighted by Crippen LogP contribution is -2.60. The number of carboxylic acid groups (broad SMARTS) is 2. The maximum atomic E-state index is 14.7. The molecule has 4 aromatic rings. The molecule has 0 spiro atoms. The number of ketones is 2. The number of benzene rings is 4. The summed E-state index contributed by atoms with van der Waals surface area (Å²) >= 11 is 0. The molecule has 0 amide bonds. The van der Waals surface area contributed by atoms with Gasteiger partial charge in [0.25, 0.3) is 0 Å². The summed E-state index contributed by atoms with van der Waals surface area (Å²) in [4.78, 5) is 54.2. The van der Waals surface area contributed by atoms with Gasteiger partial charge in [-0.2, -0.15) is 0 Å². The van der Waals surface area contributed by atoms with Crippen LogP contribution in [0.15, 0.2) is 60.7 Å². The predicted molar refractivity (Wildman–Crippen MR) is 202 cm³/mol. The summed E-state index contributed by atoms with van der Waals surface area (Å²) < 4.78 is 23.0. The van der Waals surface area contributed by atoms with Gasteiger partial charge in [0.1, 0.15) is 71.8 Å². The van der Waals surface area contributed by atoms with Gasteiger partial charge in [-0.1, -0.05) is 24.3 Å². The van der Waals surface area contributed by atoms with Crippen LogP contribution >= 0.6 is 0 Å². The normalized spacial score (nSPS) is 30.1. The zero-order valence-corrected chi connectivity index (χ0v) is 31.7. The predicted octanol–water partition coefficient (Wildman–Crippen LogP) is -1.10. The van der Waals surface area contributed by atoms with Crippen molar-refractivity contribution in [2.24, 2.45) is 0 Å². The number of ether oxygens (including phenoxy) is 4. The summed E-state index contributed by atoms with van der Waals surface area (Å²) in [5.41, 5.74) is -2.87. The molecule has 62 heavy (non-hydrogen) atoms. The van der Waals surface area contributed by atoms with E-state index in [-0.39, 0.29) is 44.9 Å². The first kappa shape index (κ1) is 42.6. The Kier molecular flexibility index (Phi) is 11.0. The third-order valence-electron chi connectivity index (χ3n) is 11.7. The Labute approximate surface area is 348 Å². The molecule has 0 aromatic heterocycles. The maximum absolute atomic E-state index is 14.7. The van der Waals surface area contributed by atoms with Gasteiger partial charge in [-0.15, -0.1) is 0 Å². The smallest absolute Gasteiger partial charge is 0.335 e. The minimum absolute atomic E-state index is 0.00301. The summed E-state index contributed by atoms with van der Waals surface area (Å²) in [6.07, 6.45) is -17.7. The van der Waals surface area contributed by atoms with Gasteiger partial charge >= 0.3 is 11.9 Å². The van der Waals surface area contributed by atoms with Gasteiger partial charge in [0, 0.05) is 11.8 Å². The number of carbonyl (C=O) groups excluding carboxylic acids is 2. The van der Waals surface area contributed by atoms with Gasteiger partial charge in [-0.25, -0.2) is 9.59 Å². The second kappa shape index (κ2) is 16.0. The molecule has 2 saturated heterocycles. The van der Waals surface area contributed by atoms with E-state index in [1.165, 1.54) is 36.4 Å². The molecule has 0 radical (unpaired) electrons. The van der Waals surface area contributed by atoms with Crippen molar-refractivity contribution in [1.82, 2.24) is 0 Å². The first-order valence-electron chi connectivity index (χ1n) is 19.0. The fourth-order valence-electron chi connectivity index (χ4n) is 8.71. The molecular formula is C42H38O20. The van der Waals surface area contributed by atoms with Gasteiger partial charge < -0.3 is 80.2 Å². The number of aliphatic hydroxyl groups is 8. The summed E-state index contributed by atoms with van der Waals surface area (Å²) in [7, 11) is 0. The van der Waals surface area contributed by atoms with Crippen LogP contribution in [0.5, 0.6) is 23.0 Å². The molecule has 4 aromatic carbocycles. The molecule has 20 nitrogen and oxygen atoms in total. The highest BCUT2D eigenvalue weighted by molar-refractivity contribution is 6.18. The molecule has 20 heteroatoms. The Bertz CT molecular complexity index is 2330. The quantitative estimate of drug-likeness (QED) is 0.0950. The van der Waals surface area contributed by atoms with Crippen molar-refractivity contribution in [2.45, 2.75) is 73.2 Å². The average molecular weight is 863 g/mol. The highest BCUT2D eigenvalue weighted by Gasteiger charge is 2.50. The summed E-state index contributed by atoms with van der Waals surface area (Å²) in [6, 6.07) is 11.9. The largest absolute Gasteiger partial charge is 0.507 e. The van der Waals surface area contributed by atoms with Crippen LogP contribution in [-0.2, 0) is 9.47 Å². The molecule has 0 saturated carbocycles. The van der Waals surface area contributed by atoms with Gasteiger partial charge in [0.2, 0.25) is 24.1 Å². The van der Waals surface area contributed by atoms with E-state index in [2.05, 4.69) is 0 Å². The highest BCUT2D eigenvalue weighted by atomic mass is 16.7. The monoisotopic (exact) mass is 862 g/mol. The van der Waals surface area contributed by atoms with Crippen molar-refractivity contribution < 1.29 is 99.4 Å². The van der Waals surface area contributed by atoms with Crippen molar-refractivity contribution in [1.29, 1.82) is 0 Å². The second-order valence-electron chi connectivity index (χ2n) is 15.2. The number of hydrogen-bond acceptors (Lipinski definition) is 18. The molecular weight excluding hydrogens is 824 g/mol. The Morgan fingerprint density at radius 3 is 1.23 bits per heavy atom. The third kappa shape index (κ3) is 6.73. The van der Waals surface area contributed by atoms with E-state index in [0.717, 1.165) is 24.3 Å². The summed E-state index contributed by atoms with van der Waals surface area (Å²) in [6.45, 7) is -1.64. The molecule has 2 fully saturated rings. The van der Waals surface area contributed by atoms with Crippen molar-refractivity contribution in [2.75, 3.05) is 13.2 Å². The van der Waals surface area contributed by atoms with Crippen LogP contribution in [-0.4, -0.2) is 159 Å². The van der Waals surface area contributed by atoms with Crippen LogP contribution in [0.2, 0.25) is 0 Å². The van der Waals surface area contributed by atoms with E-state index in [0.29, 0.717) is 0 Å². The van der Waals surface area contributed by atoms with Crippen molar-refractivity contribution >= 4 is 23.5 Å². The minimum Gasteiger partial charge on any atom is -0.507 e. The van der Waals surface area contributed by atoms with Crippen LogP contribution in [0.3, 0.4) is 0 Å². The molecule has 4 aliphatic rings. The van der Waals surface area contributed by atoms with E-state index in [9.17, 15) is 80.5 Å². The van der Waals surface area contributed by atoms with Crippen LogP contribution in [0, 0.1) is 0 Å². The third-order valence-corrected chi connectivity index (χ3v) is 11.7. The SMILES string of the molecule is O=C(O)c1cc(O)c2c(c1)[C@@H]([C@H]1c3cc(C(=O)O)cc(O)c3C(=O)c3c(O[C@H]4O[C@H](CO)[C@@H](O)[C@H](O)[C@H]4O)cccc31)c1cccc(O[C@@H]3O[C@H](CO)[C@@H](O)[C@H](O)[C@H]3O)c1C2=O. The van der Waals surface area contributed by atoms with E-state index < -0.39 is 144 Å². The number of fused-ring (bicyclic) bond motifs is 4. The Hall–Kier alpha value is -6.04. The van der Waals surface area contributed by atoms with Gasteiger partial charge in [0.15, 0.2) is 0 Å². The molecule has 0 unspecified atom stereocenters. The summed E-state index contributed by atoms with van der Waals surface area (Å²) in [5.74, 6) is -10.1. The van der Waals surface area contributed by atoms with Crippen LogP contribution in [0.1, 0.15) is 86.6 Å². The molecule has 326 valence electrons.